The van der Waals surface area contributed by atoms with Crippen molar-refractivity contribution in [1.82, 2.24) is 10.2 Å². The number of aromatic nitrogens is 2. The lowest BCUT2D eigenvalue weighted by molar-refractivity contribution is -0.117. The molecule has 0 saturated carbocycles. The van der Waals surface area contributed by atoms with Crippen molar-refractivity contribution in [3.63, 3.8) is 0 Å². The predicted octanol–water partition coefficient (Wildman–Crippen LogP) is 3.15. The van der Waals surface area contributed by atoms with E-state index in [1.165, 1.54) is 0 Å². The lowest BCUT2D eigenvalue weighted by atomic mass is 10.1. The fourth-order valence-corrected chi connectivity index (χ4v) is 3.17. The van der Waals surface area contributed by atoms with E-state index in [9.17, 15) is 9.59 Å². The van der Waals surface area contributed by atoms with Gasteiger partial charge in [-0.1, -0.05) is 41.5 Å². The maximum atomic E-state index is 12.4. The second-order valence-electron chi connectivity index (χ2n) is 6.46. The van der Waals surface area contributed by atoms with Crippen molar-refractivity contribution in [3.05, 3.63) is 71.6 Å². The Bertz CT molecular complexity index is 984. The Kier molecular flexibility index (Phi) is 4.42. The number of amides is 2. The summed E-state index contributed by atoms with van der Waals surface area (Å²) in [4.78, 5) is 26.4. The average Bonchev–Trinajstić information content (AvgIpc) is 3.29. The second-order valence-corrected chi connectivity index (χ2v) is 6.46. The number of anilines is 2. The van der Waals surface area contributed by atoms with Crippen LogP contribution in [0.5, 0.6) is 0 Å². The highest BCUT2D eigenvalue weighted by Gasteiger charge is 2.35. The molecular weight excluding hydrogens is 344 g/mol. The number of aryl methyl sites for hydroxylation is 1. The first-order valence-corrected chi connectivity index (χ1v) is 8.67. The van der Waals surface area contributed by atoms with Crippen molar-refractivity contribution in [2.45, 2.75) is 19.3 Å². The summed E-state index contributed by atoms with van der Waals surface area (Å²) in [6.45, 7) is 2.33. The van der Waals surface area contributed by atoms with Crippen LogP contribution in [-0.2, 0) is 4.79 Å². The van der Waals surface area contributed by atoms with Gasteiger partial charge in [0, 0.05) is 24.2 Å². The molecule has 1 saturated heterocycles. The zero-order valence-corrected chi connectivity index (χ0v) is 14.8. The van der Waals surface area contributed by atoms with Crippen LogP contribution in [0.25, 0.3) is 0 Å². The highest BCUT2D eigenvalue weighted by Crippen LogP contribution is 2.31. The summed E-state index contributed by atoms with van der Waals surface area (Å²) in [6.07, 6.45) is 0.294. The predicted molar refractivity (Wildman–Crippen MR) is 99.6 cm³/mol. The number of nitrogens with zero attached hydrogens (tertiary/aromatic N) is 3. The molecule has 7 heteroatoms. The van der Waals surface area contributed by atoms with E-state index in [1.54, 1.807) is 17.0 Å². The molecule has 0 bridgehead atoms. The lowest BCUT2D eigenvalue weighted by Gasteiger charge is -2.15. The average molecular weight is 362 g/mol. The molecule has 27 heavy (non-hydrogen) atoms. The summed E-state index contributed by atoms with van der Waals surface area (Å²) >= 11 is 0. The molecule has 3 aromatic rings. The number of carbonyl (C=O) groups excluding carboxylic acids is 2. The van der Waals surface area contributed by atoms with E-state index < -0.39 is 0 Å². The molecule has 0 unspecified atom stereocenters. The number of carbonyl (C=O) groups is 2. The van der Waals surface area contributed by atoms with Crippen molar-refractivity contribution in [1.29, 1.82) is 0 Å². The summed E-state index contributed by atoms with van der Waals surface area (Å²) < 4.78 is 5.60. The minimum atomic E-state index is -0.309. The number of benzene rings is 2. The van der Waals surface area contributed by atoms with E-state index in [0.29, 0.717) is 24.4 Å². The van der Waals surface area contributed by atoms with Crippen molar-refractivity contribution in [2.75, 3.05) is 16.8 Å². The Hall–Kier alpha value is -3.48. The molecule has 1 aliphatic heterocycles. The van der Waals surface area contributed by atoms with Gasteiger partial charge in [-0.25, -0.2) is 0 Å². The van der Waals surface area contributed by atoms with Gasteiger partial charge in [0.1, 0.15) is 0 Å². The number of hydrogen-bond donors (Lipinski definition) is 1. The normalized spacial score (nSPS) is 16.6. The first-order chi connectivity index (χ1) is 13.1. The third kappa shape index (κ3) is 3.44. The molecule has 4 rings (SSSR count). The van der Waals surface area contributed by atoms with E-state index in [0.717, 1.165) is 11.3 Å². The van der Waals surface area contributed by atoms with Gasteiger partial charge < -0.3 is 9.32 Å². The molecule has 136 valence electrons. The first-order valence-electron chi connectivity index (χ1n) is 8.67. The standard InChI is InChI=1S/C20H18N4O3/c1-13-7-5-6-10-16(13)18(26)21-20-23-22-19(27-20)14-11-17(25)24(12-14)15-8-3-2-4-9-15/h2-10,14H,11-12H2,1H3,(H,21,23,26)/t14-/m0/s1. The largest absolute Gasteiger partial charge is 0.407 e. The molecule has 1 aliphatic rings. The van der Waals surface area contributed by atoms with Crippen LogP contribution < -0.4 is 10.2 Å². The maximum Gasteiger partial charge on any atom is 0.322 e. The minimum Gasteiger partial charge on any atom is -0.407 e. The summed E-state index contributed by atoms with van der Waals surface area (Å²) in [5, 5.41) is 10.5. The molecule has 2 amide bonds. The molecule has 0 aliphatic carbocycles. The van der Waals surface area contributed by atoms with Crippen molar-refractivity contribution < 1.29 is 14.0 Å². The van der Waals surface area contributed by atoms with Crippen LogP contribution in [-0.4, -0.2) is 28.6 Å². The van der Waals surface area contributed by atoms with Crippen molar-refractivity contribution >= 4 is 23.5 Å². The van der Waals surface area contributed by atoms with Crippen LogP contribution in [0.4, 0.5) is 11.7 Å². The molecule has 1 N–H and O–H groups in total. The highest BCUT2D eigenvalue weighted by atomic mass is 16.4. The van der Waals surface area contributed by atoms with E-state index >= 15 is 0 Å². The maximum absolute atomic E-state index is 12.4. The summed E-state index contributed by atoms with van der Waals surface area (Å²) in [7, 11) is 0. The van der Waals surface area contributed by atoms with Crippen LogP contribution >= 0.6 is 0 Å². The first kappa shape index (κ1) is 17.0. The SMILES string of the molecule is Cc1ccccc1C(=O)Nc1nnc([C@H]2CC(=O)N(c3ccccc3)C2)o1. The minimum absolute atomic E-state index is 0.00916. The molecule has 1 fully saturated rings. The quantitative estimate of drug-likeness (QED) is 0.770. The van der Waals surface area contributed by atoms with E-state index in [2.05, 4.69) is 15.5 Å². The Labute approximate surface area is 156 Å². The van der Waals surface area contributed by atoms with Gasteiger partial charge in [-0.3, -0.25) is 14.9 Å². The zero-order valence-electron chi connectivity index (χ0n) is 14.8. The van der Waals surface area contributed by atoms with Crippen molar-refractivity contribution in [3.8, 4) is 0 Å². The Morgan fingerprint density at radius 3 is 2.63 bits per heavy atom. The highest BCUT2D eigenvalue weighted by molar-refractivity contribution is 6.04. The molecule has 1 aromatic heterocycles. The Morgan fingerprint density at radius 2 is 1.85 bits per heavy atom. The Morgan fingerprint density at radius 1 is 1.11 bits per heavy atom. The van der Waals surface area contributed by atoms with Gasteiger partial charge in [0.05, 0.1) is 5.92 Å². The molecule has 0 spiro atoms. The van der Waals surface area contributed by atoms with Gasteiger partial charge in [0.15, 0.2) is 0 Å². The van der Waals surface area contributed by atoms with Crippen LogP contribution in [0.15, 0.2) is 59.0 Å². The molecule has 2 heterocycles. The Balaban J connectivity index is 1.46. The van der Waals surface area contributed by atoms with Gasteiger partial charge in [-0.05, 0) is 30.7 Å². The summed E-state index contributed by atoms with van der Waals surface area (Å²) in [5.41, 5.74) is 2.25. The van der Waals surface area contributed by atoms with E-state index in [-0.39, 0.29) is 23.7 Å². The van der Waals surface area contributed by atoms with Crippen LogP contribution in [0.3, 0.4) is 0 Å². The molecule has 1 atom stereocenters. The number of para-hydroxylation sites is 1. The van der Waals surface area contributed by atoms with E-state index in [1.807, 2.05) is 49.4 Å². The smallest absolute Gasteiger partial charge is 0.322 e. The molecule has 0 radical (unpaired) electrons. The van der Waals surface area contributed by atoms with E-state index in [4.69, 9.17) is 4.42 Å². The van der Waals surface area contributed by atoms with Gasteiger partial charge in [-0.2, -0.15) is 0 Å². The van der Waals surface area contributed by atoms with Crippen LogP contribution in [0.1, 0.15) is 34.2 Å². The van der Waals surface area contributed by atoms with Gasteiger partial charge in [0.2, 0.25) is 11.8 Å². The summed E-state index contributed by atoms with van der Waals surface area (Å²) in [5.74, 6) is -0.150. The van der Waals surface area contributed by atoms with Crippen molar-refractivity contribution in [2.24, 2.45) is 0 Å². The monoisotopic (exact) mass is 362 g/mol. The topological polar surface area (TPSA) is 88.3 Å². The summed E-state index contributed by atoms with van der Waals surface area (Å²) in [6, 6.07) is 16.8. The van der Waals surface area contributed by atoms with Gasteiger partial charge in [0.25, 0.3) is 5.91 Å². The molecule has 7 nitrogen and oxygen atoms in total. The lowest BCUT2D eigenvalue weighted by Crippen LogP contribution is -2.24. The van der Waals surface area contributed by atoms with Crippen LogP contribution in [0.2, 0.25) is 0 Å². The second kappa shape index (κ2) is 7.03. The fourth-order valence-electron chi connectivity index (χ4n) is 3.17. The van der Waals surface area contributed by atoms with Gasteiger partial charge >= 0.3 is 6.01 Å². The third-order valence-electron chi connectivity index (χ3n) is 4.59. The number of nitrogens with one attached hydrogen (secondary N) is 1. The molecule has 2 aromatic carbocycles. The number of rotatable bonds is 4. The zero-order chi connectivity index (χ0) is 18.8. The van der Waals surface area contributed by atoms with Gasteiger partial charge in [-0.15, -0.1) is 5.10 Å². The van der Waals surface area contributed by atoms with Crippen LogP contribution in [0, 0.1) is 6.92 Å². The number of hydrogen-bond acceptors (Lipinski definition) is 5. The third-order valence-corrected chi connectivity index (χ3v) is 4.59. The fraction of sp³-hybridized carbons (Fsp3) is 0.200. The molecular formula is C20H18N4O3.